The fourth-order valence-corrected chi connectivity index (χ4v) is 11.5. The minimum Gasteiger partial charge on any atom is -0.508 e. The Morgan fingerprint density at radius 2 is 0.686 bits per heavy atom. The molecule has 3 aromatic carbocycles. The lowest BCUT2D eigenvalue weighted by Gasteiger charge is -2.28. The molecule has 121 heavy (non-hydrogen) atoms. The molecule has 0 saturated heterocycles. The van der Waals surface area contributed by atoms with Gasteiger partial charge in [-0.2, -0.15) is 0 Å². The molecule has 668 valence electrons. The van der Waals surface area contributed by atoms with Gasteiger partial charge in [0.15, 0.2) is 5.96 Å². The number of rotatable bonds is 54. The van der Waals surface area contributed by atoms with Gasteiger partial charge in [-0.25, -0.2) is 0 Å². The van der Waals surface area contributed by atoms with Crippen molar-refractivity contribution in [2.24, 2.45) is 23.1 Å². The third kappa shape index (κ3) is 37.0. The third-order valence-electron chi connectivity index (χ3n) is 18.0. The summed E-state index contributed by atoms with van der Waals surface area (Å²) in [6.45, 7) is 2.21. The lowest BCUT2D eigenvalue weighted by molar-refractivity contribution is -0.142. The van der Waals surface area contributed by atoms with E-state index in [1.807, 2.05) is 0 Å². The van der Waals surface area contributed by atoms with Gasteiger partial charge in [-0.05, 0) is 113 Å². The van der Waals surface area contributed by atoms with Gasteiger partial charge in [0, 0.05) is 25.8 Å². The number of hydrogen-bond donors (Lipinski definition) is 29. The number of aromatic hydroxyl groups is 2. The van der Waals surface area contributed by atoms with E-state index >= 15 is 0 Å². The van der Waals surface area contributed by atoms with E-state index in [9.17, 15) is 133 Å². The van der Waals surface area contributed by atoms with Gasteiger partial charge in [0.05, 0.1) is 51.4 Å². The van der Waals surface area contributed by atoms with E-state index in [-0.39, 0.29) is 80.7 Å². The number of guanidine groups is 1. The summed E-state index contributed by atoms with van der Waals surface area (Å²) in [7, 11) is 0. The largest absolute Gasteiger partial charge is 0.508 e. The number of nitrogens with two attached hydrogens (primary N) is 3. The predicted molar refractivity (Wildman–Crippen MR) is 424 cm³/mol. The van der Waals surface area contributed by atoms with Crippen LogP contribution in [0.25, 0.3) is 0 Å². The lowest BCUT2D eigenvalue weighted by atomic mass is 10.00. The van der Waals surface area contributed by atoms with E-state index in [0.717, 1.165) is 20.8 Å². The van der Waals surface area contributed by atoms with Crippen LogP contribution in [0.5, 0.6) is 11.5 Å². The second-order valence-corrected chi connectivity index (χ2v) is 28.5. The number of aliphatic hydroxyl groups excluding tert-OH is 5. The summed E-state index contributed by atoms with van der Waals surface area (Å²) >= 11 is 0. The number of hydrogen-bond acceptors (Lipinski definition) is 27. The maximum atomic E-state index is 14.7. The number of phenols is 2. The van der Waals surface area contributed by atoms with Gasteiger partial charge in [-0.1, -0.05) is 68.4 Å². The summed E-state index contributed by atoms with van der Waals surface area (Å²) in [5, 5.41) is 144. The van der Waals surface area contributed by atoms with E-state index in [0.29, 0.717) is 5.56 Å². The minimum atomic E-state index is -2.21. The highest BCUT2D eigenvalue weighted by Gasteiger charge is 2.40. The van der Waals surface area contributed by atoms with Gasteiger partial charge in [0.1, 0.15) is 96.1 Å². The maximum absolute atomic E-state index is 14.7. The van der Waals surface area contributed by atoms with Crippen molar-refractivity contribution in [1.29, 1.82) is 5.41 Å². The first-order valence-electron chi connectivity index (χ1n) is 38.2. The topological polar surface area (TPSA) is 775 Å². The first-order valence-corrected chi connectivity index (χ1v) is 38.2. The van der Waals surface area contributed by atoms with E-state index in [4.69, 9.17) is 22.6 Å². The average molecular weight is 1710 g/mol. The summed E-state index contributed by atoms with van der Waals surface area (Å²) in [5.41, 5.74) is 17.3. The second kappa shape index (κ2) is 52.2. The normalized spacial score (nSPS) is 15.0. The lowest BCUT2D eigenvalue weighted by Crippen LogP contribution is -2.63. The first kappa shape index (κ1) is 102. The quantitative estimate of drug-likeness (QED) is 0.0142. The molecule has 3 rings (SSSR count). The number of aliphatic carboxylic acids is 3. The van der Waals surface area contributed by atoms with Crippen LogP contribution in [-0.2, 0) is 101 Å². The van der Waals surface area contributed by atoms with Crippen molar-refractivity contribution in [3.05, 3.63) is 95.6 Å². The fourth-order valence-electron chi connectivity index (χ4n) is 11.5. The summed E-state index contributed by atoms with van der Waals surface area (Å²) in [6.07, 6.45) is -7.54. The zero-order chi connectivity index (χ0) is 90.9. The number of carboxylic acids is 3. The Kier molecular flexibility index (Phi) is 44.2. The van der Waals surface area contributed by atoms with Gasteiger partial charge in [0.25, 0.3) is 0 Å². The van der Waals surface area contributed by atoms with E-state index in [1.165, 1.54) is 48.5 Å². The number of aliphatic hydroxyl groups is 5. The first-order chi connectivity index (χ1) is 57.0. The van der Waals surface area contributed by atoms with Crippen LogP contribution in [0.2, 0.25) is 0 Å². The molecule has 32 N–H and O–H groups in total. The fraction of sp³-hybridized carbons (Fsp3) is 0.520. The smallest absolute Gasteiger partial charge is 0.325 e. The molecule has 0 aromatic heterocycles. The van der Waals surface area contributed by atoms with Gasteiger partial charge in [0.2, 0.25) is 82.7 Å². The molecule has 14 amide bonds. The molecule has 0 saturated carbocycles. The summed E-state index contributed by atoms with van der Waals surface area (Å²) in [4.78, 5) is 231. The molecule has 0 fully saturated rings. The van der Waals surface area contributed by atoms with E-state index < -0.39 is 261 Å². The Balaban J connectivity index is 1.97. The van der Waals surface area contributed by atoms with Crippen LogP contribution < -0.4 is 97.0 Å². The average Bonchev–Trinajstić information content (AvgIpc) is 0.853. The van der Waals surface area contributed by atoms with Crippen LogP contribution in [0.4, 0.5) is 0 Å². The summed E-state index contributed by atoms with van der Waals surface area (Å²) in [5.74, 6) is -23.4. The number of amides is 14. The molecule has 0 unspecified atom stereocenters. The third-order valence-corrected chi connectivity index (χ3v) is 18.0. The number of carbonyl (C=O) groups excluding carboxylic acids is 14. The van der Waals surface area contributed by atoms with Crippen molar-refractivity contribution < 1.29 is 133 Å². The number of carbonyl (C=O) groups is 17. The molecule has 0 spiro atoms. The SMILES string of the molecule is CC(C)C[C@H](NC(=O)[C@H](Cc1ccc(O)cc1)NC(=O)[C@H](CCCCN)NC(=O)[C@H](CO)NC(=O)[C@H](Cc1ccc(O)cc1)NC(=O)[C@H](CC(=O)O)NC(=O)[C@H](CO)NC(=O)[C@@H](NC(=O)[C@H](Cc1ccccc1)NC(=O)[C@@H](NC(=O)CN)[C@@H](C)O)[C@@H](C)O)C(=O)N[C@@H](CC(=O)O)C(=O)N[C@@H](CO)C(=O)N[C@@H](CCCNC(=N)N)C(=O)N[C@@H](C)C(=O)O. The molecule has 0 aliphatic rings. The highest BCUT2D eigenvalue weighted by Crippen LogP contribution is 2.17. The minimum absolute atomic E-state index is 0.00157. The van der Waals surface area contributed by atoms with Crippen LogP contribution in [-0.4, -0.2) is 294 Å². The molecule has 0 aliphatic heterocycles. The summed E-state index contributed by atoms with van der Waals surface area (Å²) < 4.78 is 0. The highest BCUT2D eigenvalue weighted by atomic mass is 16.4. The van der Waals surface area contributed by atoms with Crippen molar-refractivity contribution >= 4 is 107 Å². The molecule has 0 aliphatic carbocycles. The number of unbranched alkanes of at least 4 members (excludes halogenated alkanes) is 1. The molecular formula is C75H111N19O27. The predicted octanol–water partition coefficient (Wildman–Crippen LogP) is -9.90. The van der Waals surface area contributed by atoms with Gasteiger partial charge < -0.3 is 148 Å². The van der Waals surface area contributed by atoms with Crippen LogP contribution in [0.15, 0.2) is 78.9 Å². The molecule has 46 nitrogen and oxygen atoms in total. The highest BCUT2D eigenvalue weighted by molar-refractivity contribution is 6.01. The maximum Gasteiger partial charge on any atom is 0.325 e. The zero-order valence-corrected chi connectivity index (χ0v) is 67.0. The van der Waals surface area contributed by atoms with Crippen LogP contribution >= 0.6 is 0 Å². The Bertz CT molecular complexity index is 4030. The van der Waals surface area contributed by atoms with E-state index in [2.05, 4.69) is 79.8 Å². The van der Waals surface area contributed by atoms with Crippen molar-refractivity contribution in [3.63, 3.8) is 0 Å². The van der Waals surface area contributed by atoms with Gasteiger partial charge >= 0.3 is 17.9 Å². The standard InChI is InChI=1S/C75H111N19O27/c1-36(2)26-47(63(109)87-52(31-58(105)106)67(113)91-54(34-96)70(116)83-46(15-11-25-80-75(78)79)61(107)81-37(3)74(120)121)84-64(110)48(28-41-16-20-43(100)21-17-41)85-62(108)45(14-9-10-24-76)82-69(115)53(33-95)90-65(111)49(29-42-18-22-44(101)23-19-42)86-66(112)51(30-57(103)104)88-71(117)55(35-97)92-73(119)60(39(5)99)94-68(114)50(27-40-12-7-6-8-13-40)89-72(118)59(38(4)98)93-56(102)32-77/h6-8,12-13,16-23,36-39,45-55,59-60,95-101H,9-11,14-15,24-35,76-77H2,1-5H3,(H,81,107)(H,82,115)(H,83,116)(H,84,110)(H,85,108)(H,86,112)(H,87,109)(H,88,117)(H,89,118)(H,90,111)(H,91,113)(H,92,119)(H,93,102)(H,94,114)(H,103,104)(H,105,106)(H,120,121)(H4,78,79,80)/t37-,38+,39+,45-,46-,47-,48-,49-,50-,51-,52-,53-,54-,55-,59-,60-/m0/s1. The Morgan fingerprint density at radius 1 is 0.372 bits per heavy atom. The molecular weight excluding hydrogens is 1600 g/mol. The molecule has 0 bridgehead atoms. The molecule has 0 radical (unpaired) electrons. The van der Waals surface area contributed by atoms with Gasteiger partial charge in [-0.15, -0.1) is 0 Å². The molecule has 46 heteroatoms. The van der Waals surface area contributed by atoms with Crippen molar-refractivity contribution in [2.75, 3.05) is 39.5 Å². The number of benzene rings is 3. The van der Waals surface area contributed by atoms with Crippen molar-refractivity contribution in [2.45, 2.75) is 202 Å². The Morgan fingerprint density at radius 3 is 1.06 bits per heavy atom. The number of nitrogens with one attached hydrogen (secondary N) is 16. The van der Waals surface area contributed by atoms with Crippen LogP contribution in [0, 0.1) is 11.3 Å². The Labute approximate surface area is 693 Å². The summed E-state index contributed by atoms with van der Waals surface area (Å²) in [6, 6.07) is -7.69. The van der Waals surface area contributed by atoms with E-state index in [1.54, 1.807) is 44.2 Å². The number of carboxylic acid groups (broad SMARTS) is 3. The van der Waals surface area contributed by atoms with Gasteiger partial charge in [-0.3, -0.25) is 86.9 Å². The van der Waals surface area contributed by atoms with Crippen molar-refractivity contribution in [1.82, 2.24) is 79.8 Å². The monoisotopic (exact) mass is 1710 g/mol. The Hall–Kier alpha value is -12.8. The van der Waals surface area contributed by atoms with Crippen LogP contribution in [0.3, 0.4) is 0 Å². The second-order valence-electron chi connectivity index (χ2n) is 28.5. The van der Waals surface area contributed by atoms with Crippen molar-refractivity contribution in [3.8, 4) is 11.5 Å². The zero-order valence-electron chi connectivity index (χ0n) is 67.0. The molecule has 16 atom stereocenters. The van der Waals surface area contributed by atoms with Crippen LogP contribution in [0.1, 0.15) is 103 Å². The molecule has 3 aromatic rings. The number of phenolic OH excluding ortho intramolecular Hbond substituents is 2. The molecule has 0 heterocycles.